The Hall–Kier alpha value is -1.19. The topological polar surface area (TPSA) is 38.7 Å². The molecule has 0 bridgehead atoms. The van der Waals surface area contributed by atoms with E-state index in [0.717, 1.165) is 0 Å². The highest BCUT2D eigenvalue weighted by Crippen LogP contribution is 2.53. The van der Waals surface area contributed by atoms with E-state index in [1.165, 1.54) is 13.2 Å². The fourth-order valence-electron chi connectivity index (χ4n) is 1.76. The van der Waals surface area contributed by atoms with Crippen molar-refractivity contribution in [2.75, 3.05) is 7.11 Å². The van der Waals surface area contributed by atoms with Crippen LogP contribution in [0, 0.1) is 5.82 Å². The number of hydrogen-bond donors (Lipinski definition) is 0. The molecule has 0 unspecified atom stereocenters. The van der Waals surface area contributed by atoms with Crippen LogP contribution in [0.25, 0.3) is 0 Å². The number of benzene rings is 1. The molecular formula is C11H9BrFNO2. The number of carbonyl (C=O) groups excluding carboxylic acids is 1. The van der Waals surface area contributed by atoms with Gasteiger partial charge >= 0.3 is 0 Å². The molecule has 2 rings (SSSR count). The molecule has 1 aromatic carbocycles. The van der Waals surface area contributed by atoms with Crippen LogP contribution in [0.3, 0.4) is 0 Å². The van der Waals surface area contributed by atoms with Gasteiger partial charge in [0.05, 0.1) is 17.1 Å². The van der Waals surface area contributed by atoms with Gasteiger partial charge in [0.2, 0.25) is 6.08 Å². The molecule has 0 amide bonds. The third kappa shape index (κ3) is 1.66. The van der Waals surface area contributed by atoms with Gasteiger partial charge in [0, 0.05) is 0 Å². The van der Waals surface area contributed by atoms with Gasteiger partial charge in [-0.05, 0) is 40.9 Å². The second-order valence-electron chi connectivity index (χ2n) is 3.67. The molecule has 1 fully saturated rings. The first-order valence-electron chi connectivity index (χ1n) is 4.76. The quantitative estimate of drug-likeness (QED) is 0.633. The molecule has 1 aromatic rings. The predicted octanol–water partition coefficient (Wildman–Crippen LogP) is 2.92. The van der Waals surface area contributed by atoms with Gasteiger partial charge in [-0.3, -0.25) is 0 Å². The van der Waals surface area contributed by atoms with E-state index in [-0.39, 0.29) is 0 Å². The number of hydrogen-bond acceptors (Lipinski definition) is 3. The van der Waals surface area contributed by atoms with E-state index >= 15 is 0 Å². The van der Waals surface area contributed by atoms with Gasteiger partial charge in [0.25, 0.3) is 0 Å². The molecule has 1 aliphatic carbocycles. The summed E-state index contributed by atoms with van der Waals surface area (Å²) in [7, 11) is 1.47. The van der Waals surface area contributed by atoms with Crippen LogP contribution >= 0.6 is 15.9 Å². The van der Waals surface area contributed by atoms with Crippen molar-refractivity contribution in [2.24, 2.45) is 4.99 Å². The molecule has 0 aromatic heterocycles. The average molecular weight is 286 g/mol. The minimum Gasteiger partial charge on any atom is -0.496 e. The zero-order valence-electron chi connectivity index (χ0n) is 8.59. The predicted molar refractivity (Wildman–Crippen MR) is 59.7 cm³/mol. The van der Waals surface area contributed by atoms with Crippen LogP contribution in [0.4, 0.5) is 4.39 Å². The highest BCUT2D eigenvalue weighted by Gasteiger charge is 2.49. The summed E-state index contributed by atoms with van der Waals surface area (Å²) in [6.07, 6.45) is 2.79. The van der Waals surface area contributed by atoms with Crippen molar-refractivity contribution in [3.63, 3.8) is 0 Å². The van der Waals surface area contributed by atoms with E-state index in [2.05, 4.69) is 20.9 Å². The second-order valence-corrected chi connectivity index (χ2v) is 4.53. The number of nitrogens with zero attached hydrogens (tertiary/aromatic N) is 1. The first-order valence-corrected chi connectivity index (χ1v) is 5.55. The maximum Gasteiger partial charge on any atom is 0.235 e. The van der Waals surface area contributed by atoms with Crippen LogP contribution in [0.15, 0.2) is 21.6 Å². The fraction of sp³-hybridized carbons (Fsp3) is 0.364. The van der Waals surface area contributed by atoms with Crippen LogP contribution < -0.4 is 4.74 Å². The minimum absolute atomic E-state index is 0.340. The van der Waals surface area contributed by atoms with Gasteiger partial charge in [0.15, 0.2) is 0 Å². The summed E-state index contributed by atoms with van der Waals surface area (Å²) in [6.45, 7) is 0. The van der Waals surface area contributed by atoms with Crippen LogP contribution in [-0.2, 0) is 10.3 Å². The molecule has 0 aliphatic heterocycles. The molecule has 0 heterocycles. The van der Waals surface area contributed by atoms with Gasteiger partial charge in [-0.25, -0.2) is 9.18 Å². The molecule has 16 heavy (non-hydrogen) atoms. The van der Waals surface area contributed by atoms with E-state index in [9.17, 15) is 9.18 Å². The number of methoxy groups -OCH3 is 1. The number of ether oxygens (including phenoxy) is 1. The Morgan fingerprint density at radius 1 is 1.56 bits per heavy atom. The summed E-state index contributed by atoms with van der Waals surface area (Å²) >= 11 is 3.11. The van der Waals surface area contributed by atoms with E-state index in [1.807, 2.05) is 0 Å². The first-order chi connectivity index (χ1) is 7.64. The summed E-state index contributed by atoms with van der Waals surface area (Å²) in [6, 6.07) is 3.22. The lowest BCUT2D eigenvalue weighted by molar-refractivity contribution is 0.397. The smallest absolute Gasteiger partial charge is 0.235 e. The minimum atomic E-state index is -0.763. The van der Waals surface area contributed by atoms with Crippen LogP contribution in [0.1, 0.15) is 18.4 Å². The number of rotatable bonds is 3. The average Bonchev–Trinajstić information content (AvgIpc) is 3.03. The highest BCUT2D eigenvalue weighted by molar-refractivity contribution is 9.10. The summed E-state index contributed by atoms with van der Waals surface area (Å²) in [5.74, 6) is -0.00644. The Labute approximate surface area is 100 Å². The number of halogens is 2. The normalized spacial score (nSPS) is 16.4. The summed E-state index contributed by atoms with van der Waals surface area (Å²) in [5.41, 5.74) is -0.422. The van der Waals surface area contributed by atoms with Crippen molar-refractivity contribution in [1.82, 2.24) is 0 Å². The molecule has 1 saturated carbocycles. The first kappa shape index (κ1) is 11.3. The third-order valence-corrected chi connectivity index (χ3v) is 3.34. The van der Waals surface area contributed by atoms with Crippen molar-refractivity contribution < 1.29 is 13.9 Å². The molecule has 84 valence electrons. The van der Waals surface area contributed by atoms with E-state index < -0.39 is 11.4 Å². The van der Waals surface area contributed by atoms with Crippen molar-refractivity contribution in [3.05, 3.63) is 28.0 Å². The Morgan fingerprint density at radius 2 is 2.25 bits per heavy atom. The fourth-order valence-corrected chi connectivity index (χ4v) is 2.09. The lowest BCUT2D eigenvalue weighted by Crippen LogP contribution is -2.08. The van der Waals surface area contributed by atoms with Gasteiger partial charge in [-0.2, -0.15) is 4.99 Å². The molecule has 0 atom stereocenters. The highest BCUT2D eigenvalue weighted by atomic mass is 79.9. The lowest BCUT2D eigenvalue weighted by Gasteiger charge is -2.15. The summed E-state index contributed by atoms with van der Waals surface area (Å²) in [5, 5.41) is 0. The Morgan fingerprint density at radius 3 is 2.75 bits per heavy atom. The van der Waals surface area contributed by atoms with Crippen molar-refractivity contribution in [1.29, 1.82) is 0 Å². The lowest BCUT2D eigenvalue weighted by atomic mass is 10.0. The molecule has 5 heteroatoms. The molecule has 0 radical (unpaired) electrons. The Balaban J connectivity index is 2.62. The number of aliphatic imine (C=N–C) groups is 1. The maximum atomic E-state index is 14.0. The largest absolute Gasteiger partial charge is 0.496 e. The van der Waals surface area contributed by atoms with E-state index in [0.29, 0.717) is 28.6 Å². The summed E-state index contributed by atoms with van der Waals surface area (Å²) < 4.78 is 19.4. The van der Waals surface area contributed by atoms with Gasteiger partial charge in [-0.1, -0.05) is 0 Å². The molecule has 0 spiro atoms. The monoisotopic (exact) mass is 285 g/mol. The third-order valence-electron chi connectivity index (χ3n) is 2.73. The summed E-state index contributed by atoms with van der Waals surface area (Å²) in [4.78, 5) is 14.1. The number of isocyanates is 1. The van der Waals surface area contributed by atoms with Crippen LogP contribution in [0.2, 0.25) is 0 Å². The van der Waals surface area contributed by atoms with E-state index in [1.54, 1.807) is 12.1 Å². The molecule has 1 aliphatic rings. The Bertz CT molecular complexity index is 479. The molecule has 3 nitrogen and oxygen atoms in total. The zero-order chi connectivity index (χ0) is 11.8. The SMILES string of the molecule is COc1ccc(Br)c(F)c1C1(N=C=O)CC1. The van der Waals surface area contributed by atoms with Gasteiger partial charge in [0.1, 0.15) is 17.1 Å². The van der Waals surface area contributed by atoms with Crippen molar-refractivity contribution in [2.45, 2.75) is 18.4 Å². The zero-order valence-corrected chi connectivity index (χ0v) is 10.2. The van der Waals surface area contributed by atoms with Gasteiger partial charge in [-0.15, -0.1) is 0 Å². The Kier molecular flexibility index (Phi) is 2.82. The molecular weight excluding hydrogens is 277 g/mol. The van der Waals surface area contributed by atoms with E-state index in [4.69, 9.17) is 4.74 Å². The molecule has 0 saturated heterocycles. The van der Waals surface area contributed by atoms with Crippen molar-refractivity contribution in [3.8, 4) is 5.75 Å². The second kappa shape index (κ2) is 4.00. The maximum absolute atomic E-state index is 14.0. The van der Waals surface area contributed by atoms with Crippen molar-refractivity contribution >= 4 is 22.0 Å². The van der Waals surface area contributed by atoms with Gasteiger partial charge < -0.3 is 4.74 Å². The van der Waals surface area contributed by atoms with Crippen LogP contribution in [-0.4, -0.2) is 13.2 Å². The standard InChI is InChI=1S/C11H9BrFNO2/c1-16-8-3-2-7(12)10(13)9(8)11(4-5-11)14-6-15/h2-3H,4-5H2,1H3. The molecule has 0 N–H and O–H groups in total. The van der Waals surface area contributed by atoms with Crippen LogP contribution in [0.5, 0.6) is 5.75 Å².